The maximum absolute atomic E-state index is 6.11. The molecule has 158 valence electrons. The van der Waals surface area contributed by atoms with E-state index in [-0.39, 0.29) is 24.0 Å². The number of rotatable bonds is 4. The fourth-order valence-electron chi connectivity index (χ4n) is 6.13. The molecule has 2 aliphatic carbocycles. The van der Waals surface area contributed by atoms with Gasteiger partial charge in [0.25, 0.3) is 0 Å². The summed E-state index contributed by atoms with van der Waals surface area (Å²) in [4.78, 5) is 7.95. The Morgan fingerprint density at radius 1 is 1.31 bits per heavy atom. The summed E-state index contributed by atoms with van der Waals surface area (Å²) in [5.41, 5.74) is 4.27. The minimum atomic E-state index is 0. The van der Waals surface area contributed by atoms with E-state index in [0.717, 1.165) is 25.5 Å². The number of hydrogen-bond donors (Lipinski definition) is 3. The van der Waals surface area contributed by atoms with E-state index >= 15 is 0 Å². The van der Waals surface area contributed by atoms with Gasteiger partial charge in [0.1, 0.15) is 0 Å². The molecule has 3 aliphatic rings. The fourth-order valence-corrected chi connectivity index (χ4v) is 6.13. The molecule has 1 spiro atoms. The highest BCUT2D eigenvalue weighted by Crippen LogP contribution is 2.60. The Morgan fingerprint density at radius 3 is 2.93 bits per heavy atom. The van der Waals surface area contributed by atoms with Crippen LogP contribution in [0.5, 0.6) is 0 Å². The first-order valence-corrected chi connectivity index (χ1v) is 10.9. The number of guanidine groups is 1. The Labute approximate surface area is 190 Å². The summed E-state index contributed by atoms with van der Waals surface area (Å²) in [7, 11) is 1.88. The van der Waals surface area contributed by atoms with Gasteiger partial charge in [-0.1, -0.05) is 31.0 Å². The first-order chi connectivity index (χ1) is 13.7. The summed E-state index contributed by atoms with van der Waals surface area (Å²) >= 11 is 0. The molecule has 1 saturated heterocycles. The zero-order valence-electron chi connectivity index (χ0n) is 17.5. The van der Waals surface area contributed by atoms with Crippen molar-refractivity contribution in [1.29, 1.82) is 0 Å². The third-order valence-electron chi connectivity index (χ3n) is 7.50. The van der Waals surface area contributed by atoms with E-state index < -0.39 is 0 Å². The molecule has 3 fully saturated rings. The Hall–Kier alpha value is -1.28. The average molecular weight is 508 g/mol. The van der Waals surface area contributed by atoms with Gasteiger partial charge in [0.2, 0.25) is 0 Å². The number of nitrogens with zero attached hydrogens (tertiary/aromatic N) is 1. The van der Waals surface area contributed by atoms with Gasteiger partial charge in [-0.15, -0.1) is 24.0 Å². The zero-order chi connectivity index (χ0) is 19.1. The third kappa shape index (κ3) is 3.46. The van der Waals surface area contributed by atoms with Crippen LogP contribution in [0.1, 0.15) is 43.2 Å². The molecule has 5 nitrogen and oxygen atoms in total. The SMILES string of the molecule is CN=C(NCCc1c[nH]c2c(C)cccc12)NC1C2CCOC2C12CCCC2.I. The number of aryl methyl sites for hydroxylation is 1. The van der Waals surface area contributed by atoms with Gasteiger partial charge in [0.15, 0.2) is 5.96 Å². The van der Waals surface area contributed by atoms with E-state index in [4.69, 9.17) is 4.74 Å². The van der Waals surface area contributed by atoms with Gasteiger partial charge >= 0.3 is 0 Å². The smallest absolute Gasteiger partial charge is 0.191 e. The average Bonchev–Trinajstić information content (AvgIpc) is 3.43. The van der Waals surface area contributed by atoms with Crippen LogP contribution in [0, 0.1) is 18.3 Å². The number of aromatic nitrogens is 1. The Morgan fingerprint density at radius 2 is 2.14 bits per heavy atom. The summed E-state index contributed by atoms with van der Waals surface area (Å²) in [6, 6.07) is 7.02. The zero-order valence-corrected chi connectivity index (χ0v) is 19.8. The standard InChI is InChI=1S/C23H32N4O.HI/c1-15-6-5-7-17-16(14-26-19(15)17)8-12-25-22(24-2)27-20-18-9-13-28-21(18)23(20)10-3-4-11-23;/h5-7,14,18,20-21,26H,3-4,8-13H2,1-2H3,(H2,24,25,27);1H. The Balaban J connectivity index is 0.00000205. The van der Waals surface area contributed by atoms with Gasteiger partial charge in [-0.3, -0.25) is 4.99 Å². The van der Waals surface area contributed by atoms with Crippen LogP contribution in [-0.4, -0.2) is 43.3 Å². The van der Waals surface area contributed by atoms with Crippen LogP contribution in [-0.2, 0) is 11.2 Å². The molecule has 6 heteroatoms. The number of aliphatic imine (C=N–C) groups is 1. The van der Waals surface area contributed by atoms with Crippen molar-refractivity contribution < 1.29 is 4.74 Å². The first kappa shape index (κ1) is 21.0. The lowest BCUT2D eigenvalue weighted by atomic mass is 9.54. The molecular formula is C23H33IN4O. The molecule has 0 amide bonds. The summed E-state index contributed by atoms with van der Waals surface area (Å²) in [5, 5.41) is 8.67. The van der Waals surface area contributed by atoms with Crippen molar-refractivity contribution in [3.05, 3.63) is 35.5 Å². The fraction of sp³-hybridized carbons (Fsp3) is 0.609. The topological polar surface area (TPSA) is 61.4 Å². The highest BCUT2D eigenvalue weighted by atomic mass is 127. The number of nitrogens with one attached hydrogen (secondary N) is 3. The van der Waals surface area contributed by atoms with Crippen molar-refractivity contribution >= 4 is 40.8 Å². The summed E-state index contributed by atoms with van der Waals surface area (Å²) in [6.07, 6.45) is 10.1. The third-order valence-corrected chi connectivity index (χ3v) is 7.50. The molecule has 2 aromatic rings. The predicted molar refractivity (Wildman–Crippen MR) is 129 cm³/mol. The number of H-pyrrole nitrogens is 1. The number of para-hydroxylation sites is 1. The maximum Gasteiger partial charge on any atom is 0.191 e. The van der Waals surface area contributed by atoms with Crippen molar-refractivity contribution in [2.75, 3.05) is 20.2 Å². The molecule has 0 bridgehead atoms. The number of ether oxygens (including phenoxy) is 1. The lowest BCUT2D eigenvalue weighted by molar-refractivity contribution is -0.125. The number of halogens is 1. The monoisotopic (exact) mass is 508 g/mol. The molecule has 1 aromatic heterocycles. The van der Waals surface area contributed by atoms with Crippen LogP contribution in [0.4, 0.5) is 0 Å². The van der Waals surface area contributed by atoms with Gasteiger partial charge in [0, 0.05) is 54.7 Å². The minimum absolute atomic E-state index is 0. The van der Waals surface area contributed by atoms with E-state index in [2.05, 4.69) is 51.9 Å². The molecule has 2 saturated carbocycles. The lowest BCUT2D eigenvalue weighted by Gasteiger charge is -2.57. The minimum Gasteiger partial charge on any atom is -0.377 e. The second kappa shape index (κ2) is 8.46. The van der Waals surface area contributed by atoms with Crippen LogP contribution < -0.4 is 10.6 Å². The molecule has 3 N–H and O–H groups in total. The summed E-state index contributed by atoms with van der Waals surface area (Å²) in [6.45, 7) is 3.97. The molecule has 5 rings (SSSR count). The quantitative estimate of drug-likeness (QED) is 0.331. The van der Waals surface area contributed by atoms with Crippen molar-refractivity contribution in [2.24, 2.45) is 16.3 Å². The summed E-state index contributed by atoms with van der Waals surface area (Å²) in [5.74, 6) is 1.60. The van der Waals surface area contributed by atoms with Crippen LogP contribution in [0.3, 0.4) is 0 Å². The van der Waals surface area contributed by atoms with Crippen LogP contribution >= 0.6 is 24.0 Å². The van der Waals surface area contributed by atoms with E-state index in [1.165, 1.54) is 54.1 Å². The van der Waals surface area contributed by atoms with Crippen LogP contribution in [0.25, 0.3) is 10.9 Å². The van der Waals surface area contributed by atoms with Crippen molar-refractivity contribution in [3.8, 4) is 0 Å². The van der Waals surface area contributed by atoms with Crippen LogP contribution in [0.2, 0.25) is 0 Å². The van der Waals surface area contributed by atoms with E-state index in [0.29, 0.717) is 23.5 Å². The van der Waals surface area contributed by atoms with Gasteiger partial charge < -0.3 is 20.4 Å². The van der Waals surface area contributed by atoms with Gasteiger partial charge in [-0.2, -0.15) is 0 Å². The predicted octanol–water partition coefficient (Wildman–Crippen LogP) is 4.15. The molecule has 0 radical (unpaired) electrons. The van der Waals surface area contributed by atoms with Crippen molar-refractivity contribution in [3.63, 3.8) is 0 Å². The van der Waals surface area contributed by atoms with E-state index in [1.54, 1.807) is 0 Å². The Kier molecular flexibility index (Phi) is 6.11. The largest absolute Gasteiger partial charge is 0.377 e. The normalized spacial score (nSPS) is 27.5. The van der Waals surface area contributed by atoms with Gasteiger partial charge in [0.05, 0.1) is 6.10 Å². The maximum atomic E-state index is 6.11. The van der Waals surface area contributed by atoms with E-state index in [9.17, 15) is 0 Å². The molecular weight excluding hydrogens is 475 g/mol. The second-order valence-electron chi connectivity index (χ2n) is 8.87. The molecule has 1 aliphatic heterocycles. The number of hydrogen-bond acceptors (Lipinski definition) is 2. The molecule has 3 unspecified atom stereocenters. The Bertz CT molecular complexity index is 886. The number of aromatic amines is 1. The van der Waals surface area contributed by atoms with Crippen LogP contribution in [0.15, 0.2) is 29.4 Å². The molecule has 1 aromatic carbocycles. The molecule has 29 heavy (non-hydrogen) atoms. The lowest BCUT2D eigenvalue weighted by Crippen LogP contribution is -2.69. The number of fused-ring (bicyclic) bond motifs is 3. The molecule has 2 heterocycles. The number of benzene rings is 1. The van der Waals surface area contributed by atoms with Crippen molar-refractivity contribution in [1.82, 2.24) is 15.6 Å². The summed E-state index contributed by atoms with van der Waals surface area (Å²) < 4.78 is 6.11. The van der Waals surface area contributed by atoms with E-state index in [1.807, 2.05) is 7.05 Å². The van der Waals surface area contributed by atoms with Gasteiger partial charge in [-0.25, -0.2) is 0 Å². The molecule has 3 atom stereocenters. The second-order valence-corrected chi connectivity index (χ2v) is 8.87. The van der Waals surface area contributed by atoms with Crippen molar-refractivity contribution in [2.45, 2.75) is 57.6 Å². The van der Waals surface area contributed by atoms with Gasteiger partial charge in [-0.05, 0) is 43.7 Å². The first-order valence-electron chi connectivity index (χ1n) is 10.9. The highest BCUT2D eigenvalue weighted by Gasteiger charge is 2.65. The highest BCUT2D eigenvalue weighted by molar-refractivity contribution is 14.0.